The molecule has 0 spiro atoms. The van der Waals surface area contributed by atoms with E-state index in [9.17, 15) is 0 Å². The van der Waals surface area contributed by atoms with Gasteiger partial charge in [-0.25, -0.2) is 0 Å². The molecule has 0 aromatic carbocycles. The van der Waals surface area contributed by atoms with Gasteiger partial charge in [-0.2, -0.15) is 0 Å². The Kier molecular flexibility index (Phi) is 2.21. The van der Waals surface area contributed by atoms with E-state index >= 15 is 0 Å². The second-order valence-electron chi connectivity index (χ2n) is 3.97. The summed E-state index contributed by atoms with van der Waals surface area (Å²) >= 11 is 0. The number of nitrogens with two attached hydrogens (primary N) is 1. The summed E-state index contributed by atoms with van der Waals surface area (Å²) in [4.78, 5) is 4.27. The fourth-order valence-electron chi connectivity index (χ4n) is 1.36. The van der Waals surface area contributed by atoms with Crippen LogP contribution in [-0.4, -0.2) is 12.4 Å². The Hall–Kier alpha value is -0.530. The highest BCUT2D eigenvalue weighted by Crippen LogP contribution is 2.51. The number of amidine groups is 1. The molecule has 0 aromatic rings. The standard InChI is InChI=1S/C9H18N2/c1-7(2)9(4-5-9)6-11-8(3)10/h7H,4-6H2,1-3H3,(H2,10,11). The van der Waals surface area contributed by atoms with Gasteiger partial charge in [0.1, 0.15) is 0 Å². The third kappa shape index (κ3) is 1.95. The fraction of sp³-hybridized carbons (Fsp3) is 0.889. The average molecular weight is 154 g/mol. The lowest BCUT2D eigenvalue weighted by Gasteiger charge is -2.16. The molecule has 1 rings (SSSR count). The zero-order chi connectivity index (χ0) is 8.48. The van der Waals surface area contributed by atoms with Gasteiger partial charge in [-0.15, -0.1) is 0 Å². The van der Waals surface area contributed by atoms with Crippen LogP contribution in [0, 0.1) is 11.3 Å². The van der Waals surface area contributed by atoms with Gasteiger partial charge < -0.3 is 5.73 Å². The summed E-state index contributed by atoms with van der Waals surface area (Å²) in [6, 6.07) is 0. The lowest BCUT2D eigenvalue weighted by Crippen LogP contribution is -2.16. The van der Waals surface area contributed by atoms with E-state index in [4.69, 9.17) is 5.73 Å². The second-order valence-corrected chi connectivity index (χ2v) is 3.97. The molecule has 0 saturated heterocycles. The summed E-state index contributed by atoms with van der Waals surface area (Å²) < 4.78 is 0. The van der Waals surface area contributed by atoms with E-state index in [1.165, 1.54) is 12.8 Å². The van der Waals surface area contributed by atoms with Crippen LogP contribution in [0.25, 0.3) is 0 Å². The van der Waals surface area contributed by atoms with Crippen LogP contribution in [0.3, 0.4) is 0 Å². The molecule has 1 fully saturated rings. The van der Waals surface area contributed by atoms with Crippen LogP contribution in [0.5, 0.6) is 0 Å². The smallest absolute Gasteiger partial charge is 0.0905 e. The molecule has 1 aliphatic rings. The van der Waals surface area contributed by atoms with Crippen molar-refractivity contribution in [3.05, 3.63) is 0 Å². The SMILES string of the molecule is CC(N)=NCC1(C(C)C)CC1. The molecular formula is C9H18N2. The van der Waals surface area contributed by atoms with Crippen LogP contribution in [0.1, 0.15) is 33.6 Å². The highest BCUT2D eigenvalue weighted by Gasteiger charge is 2.44. The zero-order valence-corrected chi connectivity index (χ0v) is 7.72. The first-order valence-corrected chi connectivity index (χ1v) is 4.33. The quantitative estimate of drug-likeness (QED) is 0.488. The molecule has 2 heteroatoms. The van der Waals surface area contributed by atoms with E-state index in [2.05, 4.69) is 18.8 Å². The number of nitrogens with zero attached hydrogens (tertiary/aromatic N) is 1. The average Bonchev–Trinajstić information content (AvgIpc) is 2.63. The van der Waals surface area contributed by atoms with Gasteiger partial charge in [0, 0.05) is 6.54 Å². The molecule has 0 aliphatic heterocycles. The normalized spacial score (nSPS) is 22.4. The summed E-state index contributed by atoms with van der Waals surface area (Å²) in [5.74, 6) is 1.47. The van der Waals surface area contributed by atoms with E-state index in [0.717, 1.165) is 18.3 Å². The van der Waals surface area contributed by atoms with Crippen LogP contribution in [0.2, 0.25) is 0 Å². The Morgan fingerprint density at radius 2 is 2.09 bits per heavy atom. The van der Waals surface area contributed by atoms with Crippen LogP contribution >= 0.6 is 0 Å². The minimum atomic E-state index is 0.515. The second kappa shape index (κ2) is 2.84. The predicted octanol–water partition coefficient (Wildman–Crippen LogP) is 1.80. The summed E-state index contributed by atoms with van der Waals surface area (Å²) in [7, 11) is 0. The first-order valence-electron chi connectivity index (χ1n) is 4.33. The summed E-state index contributed by atoms with van der Waals surface area (Å²) in [5.41, 5.74) is 5.99. The van der Waals surface area contributed by atoms with Crippen molar-refractivity contribution in [3.63, 3.8) is 0 Å². The van der Waals surface area contributed by atoms with Crippen molar-refractivity contribution in [2.75, 3.05) is 6.54 Å². The number of rotatable bonds is 3. The lowest BCUT2D eigenvalue weighted by molar-refractivity contribution is 0.371. The van der Waals surface area contributed by atoms with Crippen LogP contribution in [-0.2, 0) is 0 Å². The third-order valence-electron chi connectivity index (χ3n) is 2.76. The molecule has 0 unspecified atom stereocenters. The van der Waals surface area contributed by atoms with E-state index < -0.39 is 0 Å². The van der Waals surface area contributed by atoms with Gasteiger partial charge in [0.05, 0.1) is 5.84 Å². The zero-order valence-electron chi connectivity index (χ0n) is 7.72. The molecule has 64 valence electrons. The van der Waals surface area contributed by atoms with Gasteiger partial charge in [0.25, 0.3) is 0 Å². The van der Waals surface area contributed by atoms with Gasteiger partial charge in [0.2, 0.25) is 0 Å². The van der Waals surface area contributed by atoms with Gasteiger partial charge >= 0.3 is 0 Å². The molecule has 1 aliphatic carbocycles. The van der Waals surface area contributed by atoms with E-state index in [0.29, 0.717) is 5.41 Å². The largest absolute Gasteiger partial charge is 0.388 e. The van der Waals surface area contributed by atoms with Crippen molar-refractivity contribution >= 4 is 5.84 Å². The van der Waals surface area contributed by atoms with Crippen molar-refractivity contribution in [1.29, 1.82) is 0 Å². The molecule has 2 N–H and O–H groups in total. The molecular weight excluding hydrogens is 136 g/mol. The Morgan fingerprint density at radius 1 is 1.55 bits per heavy atom. The molecule has 0 atom stereocenters. The molecule has 0 amide bonds. The predicted molar refractivity (Wildman–Crippen MR) is 48.7 cm³/mol. The van der Waals surface area contributed by atoms with Crippen molar-refractivity contribution in [2.24, 2.45) is 22.1 Å². The molecule has 1 saturated carbocycles. The van der Waals surface area contributed by atoms with E-state index in [1.807, 2.05) is 6.92 Å². The maximum Gasteiger partial charge on any atom is 0.0905 e. The molecule has 11 heavy (non-hydrogen) atoms. The Labute approximate surface area is 68.9 Å². The number of hydrogen-bond donors (Lipinski definition) is 1. The first kappa shape index (κ1) is 8.57. The number of aliphatic imine (C=N–C) groups is 1. The minimum Gasteiger partial charge on any atom is -0.388 e. The van der Waals surface area contributed by atoms with Crippen LogP contribution < -0.4 is 5.73 Å². The van der Waals surface area contributed by atoms with Gasteiger partial charge in [-0.1, -0.05) is 13.8 Å². The molecule has 0 radical (unpaired) electrons. The topological polar surface area (TPSA) is 38.4 Å². The van der Waals surface area contributed by atoms with Gasteiger partial charge in [-0.05, 0) is 31.1 Å². The Balaban J connectivity index is 2.42. The molecule has 2 nitrogen and oxygen atoms in total. The van der Waals surface area contributed by atoms with E-state index in [-0.39, 0.29) is 0 Å². The van der Waals surface area contributed by atoms with Crippen molar-refractivity contribution in [3.8, 4) is 0 Å². The highest BCUT2D eigenvalue weighted by molar-refractivity contribution is 5.77. The molecule has 0 bridgehead atoms. The molecule has 0 aromatic heterocycles. The van der Waals surface area contributed by atoms with E-state index in [1.54, 1.807) is 0 Å². The first-order chi connectivity index (χ1) is 5.07. The molecule has 0 heterocycles. The van der Waals surface area contributed by atoms with Crippen molar-refractivity contribution in [1.82, 2.24) is 0 Å². The summed E-state index contributed by atoms with van der Waals surface area (Å²) in [6.45, 7) is 7.34. The van der Waals surface area contributed by atoms with Gasteiger partial charge in [0.15, 0.2) is 0 Å². The summed E-state index contributed by atoms with van der Waals surface area (Å²) in [6.07, 6.45) is 2.67. The fourth-order valence-corrected chi connectivity index (χ4v) is 1.36. The maximum atomic E-state index is 5.48. The lowest BCUT2D eigenvalue weighted by atomic mass is 9.93. The number of hydrogen-bond acceptors (Lipinski definition) is 1. The monoisotopic (exact) mass is 154 g/mol. The summed E-state index contributed by atoms with van der Waals surface area (Å²) in [5, 5.41) is 0. The maximum absolute atomic E-state index is 5.48. The van der Waals surface area contributed by atoms with Gasteiger partial charge in [-0.3, -0.25) is 4.99 Å². The minimum absolute atomic E-state index is 0.515. The third-order valence-corrected chi connectivity index (χ3v) is 2.76. The Bertz CT molecular complexity index is 162. The van der Waals surface area contributed by atoms with Crippen molar-refractivity contribution < 1.29 is 0 Å². The van der Waals surface area contributed by atoms with Crippen LogP contribution in [0.4, 0.5) is 0 Å². The van der Waals surface area contributed by atoms with Crippen molar-refractivity contribution in [2.45, 2.75) is 33.6 Å². The highest BCUT2D eigenvalue weighted by atomic mass is 14.9. The Morgan fingerprint density at radius 3 is 2.36 bits per heavy atom. The van der Waals surface area contributed by atoms with Crippen LogP contribution in [0.15, 0.2) is 4.99 Å².